The molecule has 2 N–H and O–H groups in total. The average molecular weight is 524 g/mol. The van der Waals surface area contributed by atoms with E-state index in [1.54, 1.807) is 22.4 Å². The highest BCUT2D eigenvalue weighted by Crippen LogP contribution is 2.30. The molecule has 1 aliphatic rings. The van der Waals surface area contributed by atoms with E-state index in [1.807, 2.05) is 61.8 Å². The van der Waals surface area contributed by atoms with Gasteiger partial charge in [-0.2, -0.15) is 0 Å². The fourth-order valence-electron chi connectivity index (χ4n) is 4.19. The maximum atomic E-state index is 13.5. The van der Waals surface area contributed by atoms with Crippen LogP contribution in [0.3, 0.4) is 0 Å². The molecular weight excluding hydrogens is 490 g/mol. The smallest absolute Gasteiger partial charge is 0.406 e. The van der Waals surface area contributed by atoms with E-state index < -0.39 is 6.09 Å². The van der Waals surface area contributed by atoms with E-state index >= 15 is 0 Å². The summed E-state index contributed by atoms with van der Waals surface area (Å²) in [7, 11) is 3.53. The summed E-state index contributed by atoms with van der Waals surface area (Å²) in [5.41, 5.74) is 3.23. The zero-order valence-electron chi connectivity index (χ0n) is 21.4. The van der Waals surface area contributed by atoms with Gasteiger partial charge in [0.1, 0.15) is 5.82 Å². The lowest BCUT2D eigenvalue weighted by Crippen LogP contribution is -2.33. The summed E-state index contributed by atoms with van der Waals surface area (Å²) in [5.74, 6) is 0.685. The third-order valence-electron chi connectivity index (χ3n) is 6.14. The van der Waals surface area contributed by atoms with Gasteiger partial charge in [0.25, 0.3) is 5.91 Å². The van der Waals surface area contributed by atoms with E-state index in [2.05, 4.69) is 20.5 Å². The minimum absolute atomic E-state index is 0.0734. The predicted octanol–water partition coefficient (Wildman–Crippen LogP) is 4.68. The lowest BCUT2D eigenvalue weighted by Gasteiger charge is -2.22. The fraction of sp³-hybridized carbons (Fsp3) is 0.370. The quantitative estimate of drug-likeness (QED) is 0.399. The van der Waals surface area contributed by atoms with Gasteiger partial charge in [-0.1, -0.05) is 18.2 Å². The van der Waals surface area contributed by atoms with E-state index in [1.165, 1.54) is 7.05 Å². The van der Waals surface area contributed by atoms with Crippen LogP contribution in [0.4, 0.5) is 22.0 Å². The van der Waals surface area contributed by atoms with Crippen LogP contribution in [0.1, 0.15) is 40.2 Å². The summed E-state index contributed by atoms with van der Waals surface area (Å²) in [5, 5.41) is 7.67. The first-order valence-electron chi connectivity index (χ1n) is 12.4. The summed E-state index contributed by atoms with van der Waals surface area (Å²) in [4.78, 5) is 34.4. The van der Waals surface area contributed by atoms with Crippen LogP contribution >= 0.6 is 11.3 Å². The Kier molecular flexibility index (Phi) is 8.97. The van der Waals surface area contributed by atoms with E-state index in [0.717, 1.165) is 34.2 Å². The van der Waals surface area contributed by atoms with Crippen LogP contribution in [-0.4, -0.2) is 57.3 Å². The fourth-order valence-corrected chi connectivity index (χ4v) is 5.00. The van der Waals surface area contributed by atoms with Gasteiger partial charge in [-0.15, -0.1) is 11.3 Å². The molecule has 0 radical (unpaired) electrons. The minimum Gasteiger partial charge on any atom is -0.449 e. The van der Waals surface area contributed by atoms with Crippen molar-refractivity contribution >= 4 is 40.5 Å². The molecule has 2 aromatic heterocycles. The number of ether oxygens (including phenoxy) is 2. The lowest BCUT2D eigenvalue weighted by molar-refractivity contribution is 0.0221. The number of carbonyl (C=O) groups is 2. The van der Waals surface area contributed by atoms with Crippen molar-refractivity contribution in [3.8, 4) is 0 Å². The Hall–Kier alpha value is -3.63. The molecule has 2 amide bonds. The van der Waals surface area contributed by atoms with E-state index in [-0.39, 0.29) is 18.6 Å². The predicted molar refractivity (Wildman–Crippen MR) is 147 cm³/mol. The second kappa shape index (κ2) is 12.6. The Morgan fingerprint density at radius 2 is 2.08 bits per heavy atom. The molecule has 196 valence electrons. The van der Waals surface area contributed by atoms with Crippen LogP contribution in [0.15, 0.2) is 54.0 Å². The molecule has 4 rings (SSSR count). The van der Waals surface area contributed by atoms with Gasteiger partial charge < -0.3 is 29.9 Å². The molecule has 3 aromatic rings. The molecule has 1 aromatic carbocycles. The van der Waals surface area contributed by atoms with Crippen LogP contribution in [0.2, 0.25) is 0 Å². The summed E-state index contributed by atoms with van der Waals surface area (Å²) in [6.45, 7) is 4.64. The van der Waals surface area contributed by atoms with Crippen LogP contribution in [0, 0.1) is 0 Å². The molecule has 9 nitrogen and oxygen atoms in total. The number of amides is 2. The number of hydrogen-bond acceptors (Lipinski definition) is 8. The van der Waals surface area contributed by atoms with Gasteiger partial charge in [-0.25, -0.2) is 9.78 Å². The zero-order valence-corrected chi connectivity index (χ0v) is 22.2. The molecule has 10 heteroatoms. The van der Waals surface area contributed by atoms with Gasteiger partial charge >= 0.3 is 6.09 Å². The number of rotatable bonds is 10. The minimum atomic E-state index is -0.458. The normalized spacial score (nSPS) is 14.1. The molecule has 3 heterocycles. The van der Waals surface area contributed by atoms with Crippen LogP contribution in [-0.2, 0) is 16.1 Å². The zero-order chi connectivity index (χ0) is 26.2. The number of benzene rings is 1. The number of hydrogen-bond donors (Lipinski definition) is 2. The van der Waals surface area contributed by atoms with E-state index in [9.17, 15) is 9.59 Å². The monoisotopic (exact) mass is 523 g/mol. The first-order chi connectivity index (χ1) is 18.0. The van der Waals surface area contributed by atoms with Crippen LogP contribution in [0.5, 0.6) is 0 Å². The average Bonchev–Trinajstić information content (AvgIpc) is 3.42. The Labute approximate surface area is 221 Å². The standard InChI is InChI=1S/C27H33N5O4S/c1-4-29-25-16-22-21(17-30-25)26(33)32(12-11-31(22)3)20-8-5-7-19(15-20)18-36-23(24-9-6-14-37-24)10-13-35-27(34)28-2/h5-9,14-17,23H,4,10-13,18H2,1-3H3,(H,28,34)(H,29,30). The number of anilines is 3. The van der Waals surface area contributed by atoms with Gasteiger partial charge in [0.2, 0.25) is 0 Å². The molecular formula is C27H33N5O4S. The molecule has 0 bridgehead atoms. The Balaban J connectivity index is 1.48. The molecule has 0 fully saturated rings. The molecule has 1 aliphatic heterocycles. The maximum absolute atomic E-state index is 13.5. The van der Waals surface area contributed by atoms with E-state index in [4.69, 9.17) is 9.47 Å². The highest BCUT2D eigenvalue weighted by Gasteiger charge is 2.27. The number of thiophene rings is 1. The first kappa shape index (κ1) is 26.4. The van der Waals surface area contributed by atoms with Crippen molar-refractivity contribution in [2.45, 2.75) is 26.1 Å². The van der Waals surface area contributed by atoms with Gasteiger partial charge in [-0.05, 0) is 36.1 Å². The van der Waals surface area contributed by atoms with Crippen molar-refractivity contribution in [1.29, 1.82) is 0 Å². The molecule has 0 saturated carbocycles. The second-order valence-electron chi connectivity index (χ2n) is 8.65. The molecule has 0 spiro atoms. The number of pyridine rings is 1. The lowest BCUT2D eigenvalue weighted by atomic mass is 10.1. The number of nitrogens with zero attached hydrogens (tertiary/aromatic N) is 3. The second-order valence-corrected chi connectivity index (χ2v) is 9.63. The molecule has 0 aliphatic carbocycles. The van der Waals surface area contributed by atoms with Gasteiger partial charge in [0.15, 0.2) is 0 Å². The van der Waals surface area contributed by atoms with Gasteiger partial charge in [-0.3, -0.25) is 4.79 Å². The van der Waals surface area contributed by atoms with Crippen molar-refractivity contribution in [2.24, 2.45) is 0 Å². The SMILES string of the molecule is CCNc1cc2c(cn1)C(=O)N(c1cccc(COC(CCOC(=O)NC)c3cccs3)c1)CCN2C. The Morgan fingerprint density at radius 3 is 2.84 bits per heavy atom. The summed E-state index contributed by atoms with van der Waals surface area (Å²) in [6, 6.07) is 13.8. The van der Waals surface area contributed by atoms with Crippen LogP contribution < -0.4 is 20.4 Å². The van der Waals surface area contributed by atoms with Crippen molar-refractivity contribution in [2.75, 3.05) is 55.5 Å². The third-order valence-corrected chi connectivity index (χ3v) is 7.10. The summed E-state index contributed by atoms with van der Waals surface area (Å²) >= 11 is 1.61. The van der Waals surface area contributed by atoms with Crippen molar-refractivity contribution in [3.63, 3.8) is 0 Å². The highest BCUT2D eigenvalue weighted by molar-refractivity contribution is 7.10. The van der Waals surface area contributed by atoms with Crippen molar-refractivity contribution in [1.82, 2.24) is 10.3 Å². The van der Waals surface area contributed by atoms with Crippen molar-refractivity contribution in [3.05, 3.63) is 70.0 Å². The highest BCUT2D eigenvalue weighted by atomic mass is 32.1. The third kappa shape index (κ3) is 6.58. The molecule has 0 saturated heterocycles. The molecule has 1 atom stereocenters. The number of nitrogens with one attached hydrogen (secondary N) is 2. The molecule has 37 heavy (non-hydrogen) atoms. The number of likely N-dealkylation sites (N-methyl/N-ethyl adjacent to an activating group) is 1. The Bertz CT molecular complexity index is 1200. The van der Waals surface area contributed by atoms with Gasteiger partial charge in [0, 0.05) is 63.0 Å². The number of aromatic nitrogens is 1. The number of fused-ring (bicyclic) bond motifs is 1. The first-order valence-corrected chi connectivity index (χ1v) is 13.2. The number of carbonyl (C=O) groups excluding carboxylic acids is 2. The van der Waals surface area contributed by atoms with Crippen molar-refractivity contribution < 1.29 is 19.1 Å². The van der Waals surface area contributed by atoms with E-state index in [0.29, 0.717) is 31.7 Å². The maximum Gasteiger partial charge on any atom is 0.406 e. The molecule has 1 unspecified atom stereocenters. The number of alkyl carbamates (subject to hydrolysis) is 1. The summed E-state index contributed by atoms with van der Waals surface area (Å²) in [6.07, 6.45) is 1.54. The van der Waals surface area contributed by atoms with Crippen LogP contribution in [0.25, 0.3) is 0 Å². The van der Waals surface area contributed by atoms with Gasteiger partial charge in [0.05, 0.1) is 30.6 Å². The topological polar surface area (TPSA) is 96.0 Å². The largest absolute Gasteiger partial charge is 0.449 e. The summed E-state index contributed by atoms with van der Waals surface area (Å²) < 4.78 is 11.4. The Morgan fingerprint density at radius 1 is 1.22 bits per heavy atom.